The summed E-state index contributed by atoms with van der Waals surface area (Å²) in [7, 11) is -3.85. The first-order valence-corrected chi connectivity index (χ1v) is 11.2. The van der Waals surface area contributed by atoms with Crippen LogP contribution in [-0.4, -0.2) is 35.1 Å². The molecule has 11 heteroatoms. The molecule has 0 aliphatic carbocycles. The first kappa shape index (κ1) is 21.8. The molecule has 5 nitrogen and oxygen atoms in total. The summed E-state index contributed by atoms with van der Waals surface area (Å²) in [5.74, 6) is -3.49. The molecule has 2 unspecified atom stereocenters. The van der Waals surface area contributed by atoms with Gasteiger partial charge in [0.05, 0.1) is 22.7 Å². The Balaban J connectivity index is 2.09. The number of rotatable bonds is 4. The van der Waals surface area contributed by atoms with Gasteiger partial charge in [-0.1, -0.05) is 17.7 Å². The van der Waals surface area contributed by atoms with E-state index in [9.17, 15) is 26.0 Å². The lowest BCUT2D eigenvalue weighted by Crippen LogP contribution is -2.27. The Morgan fingerprint density at radius 1 is 1.03 bits per heavy atom. The number of hydrogen-bond donors (Lipinski definition) is 0. The molecule has 0 radical (unpaired) electrons. The third kappa shape index (κ3) is 3.33. The standard InChI is InChI=1S/C20H16ClF4N3O2S/c1-10-19(28(11(2)26-10)18-15(21)6-13(23)8-17(18)25)20(9-27(20)31(3,29)30)14-5-4-12(22)7-16(14)24/h4-8H,9H2,1-3H3. The van der Waals surface area contributed by atoms with Crippen LogP contribution in [0.2, 0.25) is 5.02 Å². The molecule has 0 saturated carbocycles. The monoisotopic (exact) mass is 473 g/mol. The molecule has 1 aromatic heterocycles. The molecule has 1 aliphatic rings. The number of hydrogen-bond acceptors (Lipinski definition) is 3. The number of imidazole rings is 1. The van der Waals surface area contributed by atoms with Crippen LogP contribution in [0.3, 0.4) is 0 Å². The van der Waals surface area contributed by atoms with Crippen LogP contribution in [-0.2, 0) is 15.6 Å². The smallest absolute Gasteiger partial charge is 0.212 e. The predicted molar refractivity (Wildman–Crippen MR) is 107 cm³/mol. The van der Waals surface area contributed by atoms with E-state index in [-0.39, 0.29) is 40.0 Å². The highest BCUT2D eigenvalue weighted by Gasteiger charge is 2.63. The Bertz CT molecular complexity index is 1320. The maximum atomic E-state index is 14.9. The van der Waals surface area contributed by atoms with Crippen LogP contribution in [0.25, 0.3) is 5.69 Å². The van der Waals surface area contributed by atoms with E-state index in [0.29, 0.717) is 12.1 Å². The van der Waals surface area contributed by atoms with E-state index in [1.165, 1.54) is 11.5 Å². The second kappa shape index (κ2) is 7.04. The van der Waals surface area contributed by atoms with Crippen molar-refractivity contribution in [2.24, 2.45) is 0 Å². The van der Waals surface area contributed by atoms with E-state index in [1.807, 2.05) is 0 Å². The zero-order valence-electron chi connectivity index (χ0n) is 16.6. The Labute approximate surface area is 180 Å². The van der Waals surface area contributed by atoms with Gasteiger partial charge in [-0.2, -0.15) is 4.31 Å². The largest absolute Gasteiger partial charge is 0.294 e. The van der Waals surface area contributed by atoms with Gasteiger partial charge < -0.3 is 0 Å². The average Bonchev–Trinajstić information content (AvgIpc) is 3.29. The van der Waals surface area contributed by atoms with Gasteiger partial charge >= 0.3 is 0 Å². The van der Waals surface area contributed by atoms with Gasteiger partial charge in [0.25, 0.3) is 0 Å². The summed E-state index contributed by atoms with van der Waals surface area (Å²) in [6.07, 6.45) is 0.949. The van der Waals surface area contributed by atoms with Crippen LogP contribution >= 0.6 is 11.6 Å². The number of sulfonamides is 1. The molecule has 31 heavy (non-hydrogen) atoms. The highest BCUT2D eigenvalue weighted by molar-refractivity contribution is 7.88. The van der Waals surface area contributed by atoms with Gasteiger partial charge in [0.1, 0.15) is 34.5 Å². The van der Waals surface area contributed by atoms with Crippen molar-refractivity contribution < 1.29 is 26.0 Å². The van der Waals surface area contributed by atoms with Crippen molar-refractivity contribution in [3.63, 3.8) is 0 Å². The highest BCUT2D eigenvalue weighted by atomic mass is 35.5. The Hall–Kier alpha value is -2.43. The van der Waals surface area contributed by atoms with Gasteiger partial charge in [0, 0.05) is 24.2 Å². The number of halogens is 5. The van der Waals surface area contributed by atoms with Crippen molar-refractivity contribution in [1.82, 2.24) is 13.9 Å². The van der Waals surface area contributed by atoms with E-state index >= 15 is 0 Å². The topological polar surface area (TPSA) is 55.0 Å². The fourth-order valence-corrected chi connectivity index (χ4v) is 5.56. The maximum Gasteiger partial charge on any atom is 0.212 e. The zero-order chi connectivity index (χ0) is 22.9. The lowest BCUT2D eigenvalue weighted by Gasteiger charge is -2.23. The van der Waals surface area contributed by atoms with Crippen molar-refractivity contribution >= 4 is 21.6 Å². The fraction of sp³-hybridized carbons (Fsp3) is 0.250. The summed E-state index contributed by atoms with van der Waals surface area (Å²) in [6.45, 7) is 2.90. The first-order valence-electron chi connectivity index (χ1n) is 9.02. The Morgan fingerprint density at radius 2 is 1.68 bits per heavy atom. The highest BCUT2D eigenvalue weighted by Crippen LogP contribution is 2.53. The summed E-state index contributed by atoms with van der Waals surface area (Å²) in [5, 5.41) is -0.277. The van der Waals surface area contributed by atoms with Gasteiger partial charge in [-0.25, -0.2) is 31.0 Å². The van der Waals surface area contributed by atoms with Crippen LogP contribution in [0.4, 0.5) is 17.6 Å². The molecule has 4 rings (SSSR count). The van der Waals surface area contributed by atoms with Crippen LogP contribution in [0.5, 0.6) is 0 Å². The molecule has 0 N–H and O–H groups in total. The molecule has 2 heterocycles. The molecule has 3 aromatic rings. The van der Waals surface area contributed by atoms with Gasteiger partial charge in [-0.05, 0) is 26.0 Å². The molecular formula is C20H16ClF4N3O2S. The third-order valence-electron chi connectivity index (χ3n) is 5.29. The minimum atomic E-state index is -3.85. The Kier molecular flexibility index (Phi) is 4.95. The van der Waals surface area contributed by atoms with Crippen molar-refractivity contribution in [3.8, 4) is 5.69 Å². The van der Waals surface area contributed by atoms with E-state index in [4.69, 9.17) is 11.6 Å². The molecule has 2 aromatic carbocycles. The molecule has 1 aliphatic heterocycles. The second-order valence-electron chi connectivity index (χ2n) is 7.40. The average molecular weight is 474 g/mol. The summed E-state index contributed by atoms with van der Waals surface area (Å²) in [6, 6.07) is 4.33. The van der Waals surface area contributed by atoms with Gasteiger partial charge in [-0.15, -0.1) is 0 Å². The summed E-state index contributed by atoms with van der Waals surface area (Å²) in [5.41, 5.74) is -1.57. The lowest BCUT2D eigenvalue weighted by molar-refractivity contribution is 0.507. The normalized spacial score (nSPS) is 20.8. The molecule has 1 saturated heterocycles. The fourth-order valence-electron chi connectivity index (χ4n) is 4.11. The van der Waals surface area contributed by atoms with E-state index in [2.05, 4.69) is 4.98 Å². The van der Waals surface area contributed by atoms with Crippen LogP contribution < -0.4 is 0 Å². The molecule has 0 amide bonds. The second-order valence-corrected chi connectivity index (χ2v) is 9.71. The maximum absolute atomic E-state index is 14.9. The van der Waals surface area contributed by atoms with Crippen LogP contribution in [0.15, 0.2) is 30.3 Å². The minimum absolute atomic E-state index is 0.123. The van der Waals surface area contributed by atoms with E-state index in [1.54, 1.807) is 6.92 Å². The predicted octanol–water partition coefficient (Wildman–Crippen LogP) is 4.22. The number of benzene rings is 2. The van der Waals surface area contributed by atoms with Gasteiger partial charge in [0.2, 0.25) is 10.0 Å². The van der Waals surface area contributed by atoms with Gasteiger partial charge in [0.15, 0.2) is 5.82 Å². The van der Waals surface area contributed by atoms with Crippen molar-refractivity contribution in [1.29, 1.82) is 0 Å². The molecule has 0 spiro atoms. The number of aromatic nitrogens is 2. The third-order valence-corrected chi connectivity index (χ3v) is 6.82. The molecule has 0 bridgehead atoms. The van der Waals surface area contributed by atoms with Crippen molar-refractivity contribution in [3.05, 3.63) is 81.4 Å². The van der Waals surface area contributed by atoms with E-state index < -0.39 is 38.8 Å². The van der Waals surface area contributed by atoms with E-state index in [0.717, 1.165) is 28.8 Å². The number of nitrogens with zero attached hydrogens (tertiary/aromatic N) is 3. The lowest BCUT2D eigenvalue weighted by atomic mass is 9.93. The summed E-state index contributed by atoms with van der Waals surface area (Å²) < 4.78 is 84.0. The molecule has 1 fully saturated rings. The summed E-state index contributed by atoms with van der Waals surface area (Å²) >= 11 is 6.13. The van der Waals surface area contributed by atoms with Crippen molar-refractivity contribution in [2.75, 3.05) is 12.8 Å². The molecule has 164 valence electrons. The molecule has 2 atom stereocenters. The first-order chi connectivity index (χ1) is 14.4. The van der Waals surface area contributed by atoms with Gasteiger partial charge in [-0.3, -0.25) is 4.57 Å². The Morgan fingerprint density at radius 3 is 2.23 bits per heavy atom. The van der Waals surface area contributed by atoms with Crippen molar-refractivity contribution in [2.45, 2.75) is 19.4 Å². The SMILES string of the molecule is Cc1nc(C)n(-c2c(F)cc(F)cc2Cl)c1C1(c2ccc(F)cc2F)CN1S(C)(=O)=O. The van der Waals surface area contributed by atoms with Crippen LogP contribution in [0, 0.1) is 37.1 Å². The quantitative estimate of drug-likeness (QED) is 0.421. The zero-order valence-corrected chi connectivity index (χ0v) is 18.1. The minimum Gasteiger partial charge on any atom is -0.294 e. The van der Waals surface area contributed by atoms with Crippen LogP contribution in [0.1, 0.15) is 22.8 Å². The number of aryl methyl sites for hydroxylation is 2. The summed E-state index contributed by atoms with van der Waals surface area (Å²) in [4.78, 5) is 4.31. The molecular weight excluding hydrogens is 458 g/mol.